The lowest BCUT2D eigenvalue weighted by molar-refractivity contribution is 0.332. The summed E-state index contributed by atoms with van der Waals surface area (Å²) in [6.45, 7) is 6.65. The van der Waals surface area contributed by atoms with E-state index in [1.807, 2.05) is 13.8 Å². The lowest BCUT2D eigenvalue weighted by Gasteiger charge is -2.16. The summed E-state index contributed by atoms with van der Waals surface area (Å²) >= 11 is 0. The Labute approximate surface area is 103 Å². The first-order valence-corrected chi connectivity index (χ1v) is 6.19. The van der Waals surface area contributed by atoms with Crippen LogP contribution in [0.5, 0.6) is 5.75 Å². The third-order valence-corrected chi connectivity index (χ3v) is 2.66. The van der Waals surface area contributed by atoms with Gasteiger partial charge in [-0.1, -0.05) is 6.92 Å². The van der Waals surface area contributed by atoms with E-state index in [4.69, 9.17) is 10.5 Å². The van der Waals surface area contributed by atoms with Gasteiger partial charge in [-0.2, -0.15) is 0 Å². The van der Waals surface area contributed by atoms with Crippen LogP contribution in [0.25, 0.3) is 0 Å². The smallest absolute Gasteiger partial charge is 0.123 e. The van der Waals surface area contributed by atoms with Gasteiger partial charge in [0, 0.05) is 6.04 Å². The van der Waals surface area contributed by atoms with E-state index in [2.05, 4.69) is 6.92 Å². The molecule has 3 heteroatoms. The Kier molecular flexibility index (Phi) is 5.42. The van der Waals surface area contributed by atoms with Gasteiger partial charge >= 0.3 is 0 Å². The Balaban J connectivity index is 2.76. The van der Waals surface area contributed by atoms with Gasteiger partial charge in [-0.15, -0.1) is 0 Å². The van der Waals surface area contributed by atoms with E-state index in [9.17, 15) is 4.39 Å². The van der Waals surface area contributed by atoms with Crippen molar-refractivity contribution in [3.8, 4) is 5.75 Å². The van der Waals surface area contributed by atoms with Crippen LogP contribution >= 0.6 is 0 Å². The molecule has 0 spiro atoms. The molecule has 0 radical (unpaired) electrons. The van der Waals surface area contributed by atoms with Gasteiger partial charge in [-0.25, -0.2) is 4.39 Å². The summed E-state index contributed by atoms with van der Waals surface area (Å²) in [5, 5.41) is 0. The van der Waals surface area contributed by atoms with Crippen LogP contribution in [0, 0.1) is 11.7 Å². The maximum absolute atomic E-state index is 13.2. The monoisotopic (exact) mass is 239 g/mol. The maximum atomic E-state index is 13.2. The van der Waals surface area contributed by atoms with Gasteiger partial charge in [-0.05, 0) is 56.4 Å². The Hall–Kier alpha value is -1.09. The first-order valence-electron chi connectivity index (χ1n) is 6.19. The SMILES string of the molecule is CCOc1ccc(F)cc1CC(C)CC(C)N. The van der Waals surface area contributed by atoms with Gasteiger partial charge < -0.3 is 10.5 Å². The van der Waals surface area contributed by atoms with Crippen molar-refractivity contribution in [1.29, 1.82) is 0 Å². The molecule has 1 aromatic carbocycles. The van der Waals surface area contributed by atoms with E-state index in [0.717, 1.165) is 24.2 Å². The zero-order chi connectivity index (χ0) is 12.8. The fourth-order valence-corrected chi connectivity index (χ4v) is 2.10. The molecule has 0 saturated heterocycles. The van der Waals surface area contributed by atoms with Gasteiger partial charge in [0.1, 0.15) is 11.6 Å². The van der Waals surface area contributed by atoms with Crippen LogP contribution in [0.3, 0.4) is 0 Å². The minimum atomic E-state index is -0.212. The molecule has 2 atom stereocenters. The van der Waals surface area contributed by atoms with Crippen molar-refractivity contribution < 1.29 is 9.13 Å². The van der Waals surface area contributed by atoms with Gasteiger partial charge in [0.15, 0.2) is 0 Å². The first kappa shape index (κ1) is 14.0. The van der Waals surface area contributed by atoms with Crippen molar-refractivity contribution in [2.45, 2.75) is 39.7 Å². The molecule has 2 unspecified atom stereocenters. The van der Waals surface area contributed by atoms with E-state index in [-0.39, 0.29) is 11.9 Å². The number of nitrogens with two attached hydrogens (primary N) is 1. The molecular formula is C14H22FNO. The molecule has 2 N–H and O–H groups in total. The van der Waals surface area contributed by atoms with Crippen molar-refractivity contribution in [2.75, 3.05) is 6.61 Å². The number of benzene rings is 1. The number of hydrogen-bond acceptors (Lipinski definition) is 2. The predicted molar refractivity (Wildman–Crippen MR) is 68.7 cm³/mol. The van der Waals surface area contributed by atoms with E-state index in [1.54, 1.807) is 12.1 Å². The summed E-state index contributed by atoms with van der Waals surface area (Å²) in [5.41, 5.74) is 6.70. The molecule has 0 aromatic heterocycles. The van der Waals surface area contributed by atoms with Crippen LogP contribution in [-0.2, 0) is 6.42 Å². The number of rotatable bonds is 6. The van der Waals surface area contributed by atoms with Crippen molar-refractivity contribution in [3.05, 3.63) is 29.6 Å². The van der Waals surface area contributed by atoms with Gasteiger partial charge in [0.25, 0.3) is 0 Å². The third-order valence-electron chi connectivity index (χ3n) is 2.66. The highest BCUT2D eigenvalue weighted by Gasteiger charge is 2.11. The average Bonchev–Trinajstić information content (AvgIpc) is 2.21. The van der Waals surface area contributed by atoms with E-state index in [1.165, 1.54) is 6.07 Å². The lowest BCUT2D eigenvalue weighted by Crippen LogP contribution is -2.19. The molecule has 0 heterocycles. The number of ether oxygens (including phenoxy) is 1. The molecule has 0 fully saturated rings. The Bertz CT molecular complexity index is 352. The highest BCUT2D eigenvalue weighted by atomic mass is 19.1. The second-order valence-electron chi connectivity index (χ2n) is 4.71. The first-order chi connectivity index (χ1) is 8.02. The van der Waals surface area contributed by atoms with E-state index >= 15 is 0 Å². The van der Waals surface area contributed by atoms with Crippen molar-refractivity contribution in [1.82, 2.24) is 0 Å². The quantitative estimate of drug-likeness (QED) is 0.827. The largest absolute Gasteiger partial charge is 0.494 e. The van der Waals surface area contributed by atoms with Crippen LogP contribution in [-0.4, -0.2) is 12.6 Å². The van der Waals surface area contributed by atoms with E-state index < -0.39 is 0 Å². The number of halogens is 1. The van der Waals surface area contributed by atoms with Crippen LogP contribution in [0.15, 0.2) is 18.2 Å². The molecule has 1 aromatic rings. The molecule has 96 valence electrons. The van der Waals surface area contributed by atoms with Crippen LogP contribution in [0.1, 0.15) is 32.8 Å². The maximum Gasteiger partial charge on any atom is 0.123 e. The number of hydrogen-bond donors (Lipinski definition) is 1. The van der Waals surface area contributed by atoms with Gasteiger partial charge in [-0.3, -0.25) is 0 Å². The minimum Gasteiger partial charge on any atom is -0.494 e. The highest BCUT2D eigenvalue weighted by Crippen LogP contribution is 2.24. The Morgan fingerprint density at radius 1 is 1.35 bits per heavy atom. The normalized spacial score (nSPS) is 14.4. The molecule has 0 amide bonds. The second-order valence-corrected chi connectivity index (χ2v) is 4.71. The Morgan fingerprint density at radius 3 is 2.65 bits per heavy atom. The lowest BCUT2D eigenvalue weighted by atomic mass is 9.95. The summed E-state index contributed by atoms with van der Waals surface area (Å²) in [6, 6.07) is 4.87. The Morgan fingerprint density at radius 2 is 2.06 bits per heavy atom. The van der Waals surface area contributed by atoms with Crippen molar-refractivity contribution in [2.24, 2.45) is 11.7 Å². The zero-order valence-corrected chi connectivity index (χ0v) is 10.9. The molecule has 0 bridgehead atoms. The van der Waals surface area contributed by atoms with Crippen LogP contribution < -0.4 is 10.5 Å². The summed E-state index contributed by atoms with van der Waals surface area (Å²) in [5.74, 6) is 0.998. The average molecular weight is 239 g/mol. The molecule has 1 rings (SSSR count). The molecule has 17 heavy (non-hydrogen) atoms. The minimum absolute atomic E-state index is 0.175. The molecule has 0 aliphatic carbocycles. The zero-order valence-electron chi connectivity index (χ0n) is 10.9. The molecule has 0 saturated carbocycles. The van der Waals surface area contributed by atoms with E-state index in [0.29, 0.717) is 12.5 Å². The summed E-state index contributed by atoms with van der Waals surface area (Å²) < 4.78 is 18.7. The van der Waals surface area contributed by atoms with Crippen molar-refractivity contribution in [3.63, 3.8) is 0 Å². The third kappa shape index (κ3) is 4.73. The molecule has 0 aliphatic rings. The summed E-state index contributed by atoms with van der Waals surface area (Å²) in [7, 11) is 0. The van der Waals surface area contributed by atoms with Gasteiger partial charge in [0.2, 0.25) is 0 Å². The molecule has 2 nitrogen and oxygen atoms in total. The molecule has 0 aliphatic heterocycles. The fraction of sp³-hybridized carbons (Fsp3) is 0.571. The van der Waals surface area contributed by atoms with Crippen LogP contribution in [0.2, 0.25) is 0 Å². The fourth-order valence-electron chi connectivity index (χ4n) is 2.10. The topological polar surface area (TPSA) is 35.2 Å². The van der Waals surface area contributed by atoms with Gasteiger partial charge in [0.05, 0.1) is 6.61 Å². The second kappa shape index (κ2) is 6.60. The highest BCUT2D eigenvalue weighted by molar-refractivity contribution is 5.34. The summed E-state index contributed by atoms with van der Waals surface area (Å²) in [6.07, 6.45) is 1.73. The van der Waals surface area contributed by atoms with Crippen LogP contribution in [0.4, 0.5) is 4.39 Å². The standard InChI is InChI=1S/C14H22FNO/c1-4-17-14-6-5-13(15)9-12(14)8-10(2)7-11(3)16/h5-6,9-11H,4,7-8,16H2,1-3H3. The summed E-state index contributed by atoms with van der Waals surface area (Å²) in [4.78, 5) is 0. The predicted octanol–water partition coefficient (Wildman–Crippen LogP) is 3.14. The molecular weight excluding hydrogens is 217 g/mol. The van der Waals surface area contributed by atoms with Crippen molar-refractivity contribution >= 4 is 0 Å².